The van der Waals surface area contributed by atoms with Gasteiger partial charge in [0.2, 0.25) is 0 Å². The van der Waals surface area contributed by atoms with Crippen LogP contribution in [0.4, 0.5) is 15.8 Å². The fourth-order valence-corrected chi connectivity index (χ4v) is 2.88. The second-order valence-corrected chi connectivity index (χ2v) is 6.89. The molecule has 34 heavy (non-hydrogen) atoms. The highest BCUT2D eigenvalue weighted by Crippen LogP contribution is 2.33. The molecule has 0 spiro atoms. The zero-order valence-corrected chi connectivity index (χ0v) is 18.0. The molecule has 0 aromatic heterocycles. The fraction of sp³-hybridized carbons (Fsp3) is 0.0800. The van der Waals surface area contributed by atoms with E-state index in [4.69, 9.17) is 9.47 Å². The second-order valence-electron chi connectivity index (χ2n) is 6.89. The summed E-state index contributed by atoms with van der Waals surface area (Å²) in [7, 11) is 1.41. The quantitative estimate of drug-likeness (QED) is 0.264. The van der Waals surface area contributed by atoms with Crippen LogP contribution < -0.4 is 20.1 Å². The smallest absolute Gasteiger partial charge is 0.266 e. The molecule has 3 aromatic carbocycles. The summed E-state index contributed by atoms with van der Waals surface area (Å²) in [4.78, 5) is 24.8. The minimum Gasteiger partial charge on any atom is -0.508 e. The number of methoxy groups -OCH3 is 1. The molecule has 0 unspecified atom stereocenters. The third kappa shape index (κ3) is 6.34. The van der Waals surface area contributed by atoms with Crippen molar-refractivity contribution >= 4 is 29.3 Å². The molecule has 3 N–H and O–H groups in total. The van der Waals surface area contributed by atoms with E-state index in [1.807, 2.05) is 6.07 Å². The number of carbonyl (C=O) groups excluding carboxylic acids is 2. The van der Waals surface area contributed by atoms with Crippen molar-refractivity contribution in [1.29, 1.82) is 5.26 Å². The van der Waals surface area contributed by atoms with Crippen molar-refractivity contribution in [3.8, 4) is 23.3 Å². The highest BCUT2D eigenvalue weighted by atomic mass is 19.1. The molecule has 3 rings (SSSR count). The predicted octanol–water partition coefficient (Wildman–Crippen LogP) is 4.10. The number of rotatable bonds is 8. The standard InChI is InChI=1S/C25H20FN3O5/c1-33-22-4-2-3-16(13-17(14-27)25(32)29-20-9-11-21(30)12-10-20)24(22)34-15-23(31)28-19-7-5-18(26)6-8-19/h2-13,30H,15H2,1H3,(H,28,31)(H,29,32)/b17-13-. The zero-order chi connectivity index (χ0) is 24.5. The van der Waals surface area contributed by atoms with Gasteiger partial charge in [-0.15, -0.1) is 0 Å². The third-order valence-corrected chi connectivity index (χ3v) is 4.49. The van der Waals surface area contributed by atoms with E-state index < -0.39 is 24.2 Å². The number of nitriles is 1. The average molecular weight is 461 g/mol. The second kappa shape index (κ2) is 11.2. The van der Waals surface area contributed by atoms with Gasteiger partial charge in [-0.05, 0) is 60.7 Å². The number of hydrogen-bond acceptors (Lipinski definition) is 6. The molecule has 0 fully saturated rings. The van der Waals surface area contributed by atoms with E-state index in [-0.39, 0.29) is 17.1 Å². The number of nitrogens with one attached hydrogen (secondary N) is 2. The van der Waals surface area contributed by atoms with Crippen LogP contribution in [-0.2, 0) is 9.59 Å². The van der Waals surface area contributed by atoms with E-state index >= 15 is 0 Å². The topological polar surface area (TPSA) is 121 Å². The number of phenolic OH excluding ortho intramolecular Hbond substituents is 1. The van der Waals surface area contributed by atoms with Crippen molar-refractivity contribution in [2.75, 3.05) is 24.4 Å². The van der Waals surface area contributed by atoms with Crippen molar-refractivity contribution in [3.05, 3.63) is 83.7 Å². The van der Waals surface area contributed by atoms with Gasteiger partial charge in [0.25, 0.3) is 11.8 Å². The van der Waals surface area contributed by atoms with Crippen LogP contribution in [0.25, 0.3) is 6.08 Å². The molecule has 0 saturated carbocycles. The van der Waals surface area contributed by atoms with E-state index in [1.54, 1.807) is 18.2 Å². The van der Waals surface area contributed by atoms with Gasteiger partial charge in [-0.3, -0.25) is 9.59 Å². The van der Waals surface area contributed by atoms with Gasteiger partial charge in [0.15, 0.2) is 18.1 Å². The van der Waals surface area contributed by atoms with E-state index in [0.717, 1.165) is 0 Å². The van der Waals surface area contributed by atoms with Gasteiger partial charge in [0, 0.05) is 16.9 Å². The Morgan fingerprint density at radius 2 is 1.68 bits per heavy atom. The first-order chi connectivity index (χ1) is 16.4. The van der Waals surface area contributed by atoms with E-state index in [1.165, 1.54) is 61.7 Å². The van der Waals surface area contributed by atoms with E-state index in [2.05, 4.69) is 10.6 Å². The number of hydrogen-bond donors (Lipinski definition) is 3. The van der Waals surface area contributed by atoms with Gasteiger partial charge in [-0.25, -0.2) is 4.39 Å². The largest absolute Gasteiger partial charge is 0.508 e. The monoisotopic (exact) mass is 461 g/mol. The molecule has 0 aliphatic rings. The Hall–Kier alpha value is -4.84. The van der Waals surface area contributed by atoms with Gasteiger partial charge in [-0.1, -0.05) is 12.1 Å². The normalized spacial score (nSPS) is 10.7. The first-order valence-electron chi connectivity index (χ1n) is 9.97. The third-order valence-electron chi connectivity index (χ3n) is 4.49. The number of para-hydroxylation sites is 1. The lowest BCUT2D eigenvalue weighted by Gasteiger charge is -2.14. The van der Waals surface area contributed by atoms with Crippen LogP contribution in [0, 0.1) is 17.1 Å². The van der Waals surface area contributed by atoms with Gasteiger partial charge >= 0.3 is 0 Å². The molecule has 0 atom stereocenters. The first-order valence-corrected chi connectivity index (χ1v) is 9.97. The van der Waals surface area contributed by atoms with Gasteiger partial charge in [0.05, 0.1) is 7.11 Å². The zero-order valence-electron chi connectivity index (χ0n) is 18.0. The molecular weight excluding hydrogens is 441 g/mol. The van der Waals surface area contributed by atoms with Gasteiger partial charge in [-0.2, -0.15) is 5.26 Å². The Morgan fingerprint density at radius 1 is 1.03 bits per heavy atom. The highest BCUT2D eigenvalue weighted by molar-refractivity contribution is 6.10. The van der Waals surface area contributed by atoms with Gasteiger partial charge < -0.3 is 25.2 Å². The Labute approximate surface area is 194 Å². The van der Waals surface area contributed by atoms with Crippen LogP contribution in [0.3, 0.4) is 0 Å². The lowest BCUT2D eigenvalue weighted by atomic mass is 10.1. The van der Waals surface area contributed by atoms with E-state index in [0.29, 0.717) is 22.7 Å². The number of benzene rings is 3. The minimum absolute atomic E-state index is 0.0377. The number of aromatic hydroxyl groups is 1. The summed E-state index contributed by atoms with van der Waals surface area (Å²) >= 11 is 0. The maximum atomic E-state index is 13.0. The first kappa shape index (κ1) is 23.8. The van der Waals surface area contributed by atoms with Crippen LogP contribution in [0.2, 0.25) is 0 Å². The predicted molar refractivity (Wildman–Crippen MR) is 124 cm³/mol. The number of nitrogens with zero attached hydrogens (tertiary/aromatic N) is 1. The minimum atomic E-state index is -0.670. The SMILES string of the molecule is COc1cccc(/C=C(/C#N)C(=O)Nc2ccc(O)cc2)c1OCC(=O)Nc1ccc(F)cc1. The number of ether oxygens (including phenoxy) is 2. The molecule has 0 aliphatic heterocycles. The van der Waals surface area contributed by atoms with Crippen molar-refractivity contribution in [3.63, 3.8) is 0 Å². The maximum absolute atomic E-state index is 13.0. The van der Waals surface area contributed by atoms with Crippen molar-refractivity contribution < 1.29 is 28.6 Å². The highest BCUT2D eigenvalue weighted by Gasteiger charge is 2.15. The number of carbonyl (C=O) groups is 2. The fourth-order valence-electron chi connectivity index (χ4n) is 2.88. The van der Waals surface area contributed by atoms with Crippen LogP contribution in [0.5, 0.6) is 17.2 Å². The molecule has 8 nitrogen and oxygen atoms in total. The summed E-state index contributed by atoms with van der Waals surface area (Å²) in [6.07, 6.45) is 1.31. The average Bonchev–Trinajstić information content (AvgIpc) is 2.84. The number of halogens is 1. The van der Waals surface area contributed by atoms with Crippen LogP contribution in [-0.4, -0.2) is 30.6 Å². The molecule has 172 valence electrons. The Balaban J connectivity index is 1.78. The van der Waals surface area contributed by atoms with E-state index in [9.17, 15) is 24.3 Å². The lowest BCUT2D eigenvalue weighted by molar-refractivity contribution is -0.118. The lowest BCUT2D eigenvalue weighted by Crippen LogP contribution is -2.20. The van der Waals surface area contributed by atoms with Crippen molar-refractivity contribution in [2.45, 2.75) is 0 Å². The van der Waals surface area contributed by atoms with Crippen LogP contribution in [0.15, 0.2) is 72.3 Å². The maximum Gasteiger partial charge on any atom is 0.266 e. The molecule has 0 radical (unpaired) electrons. The Kier molecular flexibility index (Phi) is 7.81. The number of phenols is 1. The summed E-state index contributed by atoms with van der Waals surface area (Å²) in [5.41, 5.74) is 0.907. The molecule has 0 bridgehead atoms. The molecule has 0 saturated heterocycles. The summed E-state index contributed by atoms with van der Waals surface area (Å²) in [6.45, 7) is -0.403. The Bertz CT molecular complexity index is 1250. The Morgan fingerprint density at radius 3 is 2.32 bits per heavy atom. The molecule has 0 aliphatic carbocycles. The molecular formula is C25H20FN3O5. The molecule has 0 heterocycles. The van der Waals surface area contributed by atoms with Crippen molar-refractivity contribution in [1.82, 2.24) is 0 Å². The van der Waals surface area contributed by atoms with Gasteiger partial charge in [0.1, 0.15) is 23.2 Å². The summed E-state index contributed by atoms with van der Waals surface area (Å²) < 4.78 is 24.0. The molecule has 9 heteroatoms. The molecule has 3 aromatic rings. The summed E-state index contributed by atoms with van der Waals surface area (Å²) in [5.74, 6) is -1.11. The molecule has 2 amide bonds. The number of anilines is 2. The van der Waals surface area contributed by atoms with Crippen LogP contribution >= 0.6 is 0 Å². The number of amides is 2. The summed E-state index contributed by atoms with van der Waals surface area (Å²) in [5, 5.41) is 24.0. The van der Waals surface area contributed by atoms with Crippen molar-refractivity contribution in [2.24, 2.45) is 0 Å². The van der Waals surface area contributed by atoms with Crippen LogP contribution in [0.1, 0.15) is 5.56 Å². The summed E-state index contributed by atoms with van der Waals surface area (Å²) in [6, 6.07) is 17.7.